The molecule has 118 valence electrons. The molecule has 5 nitrogen and oxygen atoms in total. The molecule has 0 amide bonds. The highest BCUT2D eigenvalue weighted by atomic mass is 19.1. The number of ketones is 2. The summed E-state index contributed by atoms with van der Waals surface area (Å²) in [6.45, 7) is 0.495. The van der Waals surface area contributed by atoms with E-state index in [2.05, 4.69) is 0 Å². The molecular weight excluding hydrogens is 301 g/mol. The summed E-state index contributed by atoms with van der Waals surface area (Å²) in [5, 5.41) is 8.45. The van der Waals surface area contributed by atoms with Crippen molar-refractivity contribution in [2.24, 2.45) is 0 Å². The van der Waals surface area contributed by atoms with Gasteiger partial charge in [-0.3, -0.25) is 9.59 Å². The predicted octanol–water partition coefficient (Wildman–Crippen LogP) is 2.30. The number of hydrogen-bond donors (Lipinski definition) is 1. The van der Waals surface area contributed by atoms with Gasteiger partial charge in [-0.25, -0.2) is 9.18 Å². The number of benzene rings is 1. The molecule has 1 N–H and O–H groups in total. The van der Waals surface area contributed by atoms with Crippen LogP contribution in [0.15, 0.2) is 48.7 Å². The zero-order valence-corrected chi connectivity index (χ0v) is 12.1. The molecule has 0 fully saturated rings. The first-order chi connectivity index (χ1) is 11.0. The Morgan fingerprint density at radius 1 is 1.13 bits per heavy atom. The quantitative estimate of drug-likeness (QED) is 0.483. The molecule has 0 saturated heterocycles. The van der Waals surface area contributed by atoms with Gasteiger partial charge in [-0.05, 0) is 42.0 Å². The lowest BCUT2D eigenvalue weighted by molar-refractivity contribution is -0.149. The van der Waals surface area contributed by atoms with Gasteiger partial charge < -0.3 is 9.67 Å². The summed E-state index contributed by atoms with van der Waals surface area (Å²) in [7, 11) is 0. The molecule has 0 aliphatic carbocycles. The van der Waals surface area contributed by atoms with Crippen molar-refractivity contribution in [3.05, 3.63) is 65.7 Å². The third-order valence-electron chi connectivity index (χ3n) is 3.14. The van der Waals surface area contributed by atoms with E-state index in [-0.39, 0.29) is 5.82 Å². The molecule has 6 heteroatoms. The second-order valence-electron chi connectivity index (χ2n) is 4.89. The maximum atomic E-state index is 12.9. The monoisotopic (exact) mass is 315 g/mol. The fraction of sp³-hybridized carbons (Fsp3) is 0.118. The Hall–Kier alpha value is -3.02. The van der Waals surface area contributed by atoms with Crippen LogP contribution in [0.3, 0.4) is 0 Å². The maximum absolute atomic E-state index is 12.9. The summed E-state index contributed by atoms with van der Waals surface area (Å²) >= 11 is 0. The third-order valence-corrected chi connectivity index (χ3v) is 3.14. The van der Waals surface area contributed by atoms with E-state index in [4.69, 9.17) is 5.11 Å². The molecule has 1 heterocycles. The first-order valence-electron chi connectivity index (χ1n) is 6.82. The number of halogens is 1. The van der Waals surface area contributed by atoms with E-state index in [1.54, 1.807) is 30.5 Å². The fourth-order valence-corrected chi connectivity index (χ4v) is 1.98. The summed E-state index contributed by atoms with van der Waals surface area (Å²) in [5.41, 5.74) is 1.61. The number of carboxylic acid groups (broad SMARTS) is 1. The number of carbonyl (C=O) groups excluding carboxylic acids is 2. The van der Waals surface area contributed by atoms with Crippen LogP contribution in [0.5, 0.6) is 0 Å². The summed E-state index contributed by atoms with van der Waals surface area (Å²) in [6, 6.07) is 9.63. The molecular formula is C17H14FNO4. The number of allylic oxidation sites excluding steroid dienone is 1. The zero-order valence-electron chi connectivity index (χ0n) is 12.1. The fourth-order valence-electron chi connectivity index (χ4n) is 1.98. The number of aromatic nitrogens is 1. The minimum Gasteiger partial charge on any atom is -0.475 e. The molecule has 0 atom stereocenters. The van der Waals surface area contributed by atoms with Crippen LogP contribution in [0.1, 0.15) is 17.7 Å². The van der Waals surface area contributed by atoms with Gasteiger partial charge in [-0.2, -0.15) is 0 Å². The molecule has 0 spiro atoms. The number of carbonyl (C=O) groups is 3. The number of nitrogens with zero attached hydrogens (tertiary/aromatic N) is 1. The minimum absolute atomic E-state index is 0.310. The van der Waals surface area contributed by atoms with Gasteiger partial charge >= 0.3 is 5.97 Å². The summed E-state index contributed by atoms with van der Waals surface area (Å²) in [4.78, 5) is 32.9. The van der Waals surface area contributed by atoms with E-state index in [1.807, 2.05) is 4.57 Å². The highest BCUT2D eigenvalue weighted by Crippen LogP contribution is 2.10. The molecule has 0 saturated carbocycles. The molecule has 23 heavy (non-hydrogen) atoms. The number of hydrogen-bond acceptors (Lipinski definition) is 3. The van der Waals surface area contributed by atoms with Crippen LogP contribution in [-0.2, 0) is 20.9 Å². The molecule has 2 aromatic rings. The lowest BCUT2D eigenvalue weighted by Crippen LogP contribution is -2.15. The Labute approximate surface area is 131 Å². The van der Waals surface area contributed by atoms with E-state index >= 15 is 0 Å². The summed E-state index contributed by atoms with van der Waals surface area (Å²) < 4.78 is 14.7. The van der Waals surface area contributed by atoms with Gasteiger partial charge in [0, 0.05) is 18.4 Å². The van der Waals surface area contributed by atoms with Gasteiger partial charge in [-0.1, -0.05) is 12.1 Å². The van der Waals surface area contributed by atoms with Gasteiger partial charge in [0.2, 0.25) is 5.78 Å². The van der Waals surface area contributed by atoms with Crippen LogP contribution < -0.4 is 0 Å². The first-order valence-corrected chi connectivity index (χ1v) is 6.82. The molecule has 0 bridgehead atoms. The second-order valence-corrected chi connectivity index (χ2v) is 4.89. The highest BCUT2D eigenvalue weighted by Gasteiger charge is 2.14. The third kappa shape index (κ3) is 4.74. The van der Waals surface area contributed by atoms with E-state index in [9.17, 15) is 18.8 Å². The van der Waals surface area contributed by atoms with Crippen LogP contribution in [0.25, 0.3) is 6.08 Å². The smallest absolute Gasteiger partial charge is 0.372 e. The van der Waals surface area contributed by atoms with E-state index in [0.717, 1.165) is 5.56 Å². The average Bonchev–Trinajstić information content (AvgIpc) is 2.94. The largest absolute Gasteiger partial charge is 0.475 e. The van der Waals surface area contributed by atoms with Crippen molar-refractivity contribution in [3.8, 4) is 0 Å². The van der Waals surface area contributed by atoms with Crippen molar-refractivity contribution in [1.29, 1.82) is 0 Å². The van der Waals surface area contributed by atoms with E-state index in [1.165, 1.54) is 24.3 Å². The second kappa shape index (κ2) is 7.31. The van der Waals surface area contributed by atoms with E-state index in [0.29, 0.717) is 12.2 Å². The minimum atomic E-state index is -1.62. The Morgan fingerprint density at radius 2 is 1.83 bits per heavy atom. The molecule has 0 aliphatic rings. The molecule has 0 radical (unpaired) electrons. The molecule has 1 aromatic heterocycles. The molecule has 0 unspecified atom stereocenters. The Morgan fingerprint density at radius 3 is 2.48 bits per heavy atom. The average molecular weight is 315 g/mol. The number of carboxylic acids is 1. The Kier molecular flexibility index (Phi) is 5.19. The molecule has 2 rings (SSSR count). The standard InChI is InChI=1S/C17H14FNO4/c18-13-5-3-12(4-6-13)11-19-9-1-2-14(19)7-8-15(20)10-16(21)17(22)23/h1-9H,10-11H2,(H,22,23)/b8-7+. The molecule has 1 aromatic carbocycles. The first kappa shape index (κ1) is 16.4. The predicted molar refractivity (Wildman–Crippen MR) is 81.2 cm³/mol. The Balaban J connectivity index is 2.04. The van der Waals surface area contributed by atoms with Gasteiger partial charge in [-0.15, -0.1) is 0 Å². The summed E-state index contributed by atoms with van der Waals surface area (Å²) in [5.74, 6) is -3.64. The number of aliphatic carboxylic acids is 1. The van der Waals surface area contributed by atoms with Gasteiger partial charge in [0.05, 0.1) is 6.42 Å². The highest BCUT2D eigenvalue weighted by molar-refractivity contribution is 6.37. The van der Waals surface area contributed by atoms with Crippen molar-refractivity contribution in [2.75, 3.05) is 0 Å². The summed E-state index contributed by atoms with van der Waals surface area (Å²) in [6.07, 6.45) is 3.83. The van der Waals surface area contributed by atoms with Crippen molar-refractivity contribution in [2.45, 2.75) is 13.0 Å². The van der Waals surface area contributed by atoms with Crippen LogP contribution in [-0.4, -0.2) is 27.2 Å². The number of rotatable bonds is 7. The van der Waals surface area contributed by atoms with Crippen LogP contribution in [0, 0.1) is 5.82 Å². The van der Waals surface area contributed by atoms with E-state index < -0.39 is 24.0 Å². The maximum Gasteiger partial charge on any atom is 0.372 e. The van der Waals surface area contributed by atoms with Crippen molar-refractivity contribution >= 4 is 23.6 Å². The normalized spacial score (nSPS) is 10.8. The lowest BCUT2D eigenvalue weighted by Gasteiger charge is -2.06. The topological polar surface area (TPSA) is 76.4 Å². The Bertz CT molecular complexity index is 759. The molecule has 0 aliphatic heterocycles. The van der Waals surface area contributed by atoms with Gasteiger partial charge in [0.1, 0.15) is 5.82 Å². The van der Waals surface area contributed by atoms with Crippen molar-refractivity contribution in [3.63, 3.8) is 0 Å². The SMILES string of the molecule is O=C(/C=C/c1cccn1Cc1ccc(F)cc1)CC(=O)C(=O)O. The lowest BCUT2D eigenvalue weighted by atomic mass is 10.2. The van der Waals surface area contributed by atoms with Crippen molar-refractivity contribution < 1.29 is 23.9 Å². The van der Waals surface area contributed by atoms with Gasteiger partial charge in [0.25, 0.3) is 0 Å². The van der Waals surface area contributed by atoms with Crippen molar-refractivity contribution in [1.82, 2.24) is 4.57 Å². The van der Waals surface area contributed by atoms with Gasteiger partial charge in [0.15, 0.2) is 5.78 Å². The van der Waals surface area contributed by atoms with Crippen LogP contribution in [0.4, 0.5) is 4.39 Å². The zero-order chi connectivity index (χ0) is 16.8. The number of Topliss-reactive ketones (excluding diaryl/α,β-unsaturated/α-hetero) is 1. The van der Waals surface area contributed by atoms with Crippen LogP contribution in [0.2, 0.25) is 0 Å². The van der Waals surface area contributed by atoms with Crippen LogP contribution >= 0.6 is 0 Å².